The number of esters is 1. The fourth-order valence-corrected chi connectivity index (χ4v) is 4.31. The van der Waals surface area contributed by atoms with Crippen molar-refractivity contribution >= 4 is 50.4 Å². The number of amides is 1. The van der Waals surface area contributed by atoms with Crippen LogP contribution in [0.5, 0.6) is 11.5 Å². The quantitative estimate of drug-likeness (QED) is 0.322. The molecule has 5 rings (SSSR count). The van der Waals surface area contributed by atoms with Crippen LogP contribution in [0.25, 0.3) is 15.8 Å². The second kappa shape index (κ2) is 8.16. The third kappa shape index (κ3) is 3.67. The molecule has 1 amide bonds. The summed E-state index contributed by atoms with van der Waals surface area (Å²) in [7, 11) is 1.34. The van der Waals surface area contributed by atoms with Gasteiger partial charge < -0.3 is 20.1 Å². The van der Waals surface area contributed by atoms with E-state index in [4.69, 9.17) is 9.47 Å². The minimum absolute atomic E-state index is 0.154. The van der Waals surface area contributed by atoms with Gasteiger partial charge in [0.1, 0.15) is 11.5 Å². The highest BCUT2D eigenvalue weighted by molar-refractivity contribution is 7.17. The molecule has 158 valence electrons. The van der Waals surface area contributed by atoms with Gasteiger partial charge in [0, 0.05) is 17.5 Å². The van der Waals surface area contributed by atoms with Crippen LogP contribution in [0.4, 0.5) is 11.4 Å². The van der Waals surface area contributed by atoms with Gasteiger partial charge >= 0.3 is 5.97 Å². The van der Waals surface area contributed by atoms with E-state index in [1.807, 2.05) is 24.3 Å². The molecular formula is C24H17N3O4S. The minimum Gasteiger partial charge on any atom is -0.465 e. The van der Waals surface area contributed by atoms with E-state index in [0.717, 1.165) is 27.2 Å². The number of fused-ring (bicyclic) bond motifs is 3. The SMILES string of the molecule is COC(=O)c1cccc(Oc2ccc(NC=C3C(=O)Nc4ccc5ncsc5c43)cc2)c1. The third-order valence-corrected chi connectivity index (χ3v) is 5.85. The molecule has 32 heavy (non-hydrogen) atoms. The molecule has 2 N–H and O–H groups in total. The molecule has 4 aromatic rings. The summed E-state index contributed by atoms with van der Waals surface area (Å²) < 4.78 is 11.5. The lowest BCUT2D eigenvalue weighted by atomic mass is 10.1. The van der Waals surface area contributed by atoms with Crippen LogP contribution in [0.3, 0.4) is 0 Å². The summed E-state index contributed by atoms with van der Waals surface area (Å²) in [6.45, 7) is 0. The number of hydrogen-bond donors (Lipinski definition) is 2. The number of thiazole rings is 1. The van der Waals surface area contributed by atoms with Gasteiger partial charge in [-0.05, 0) is 54.6 Å². The van der Waals surface area contributed by atoms with Gasteiger partial charge in [0.2, 0.25) is 0 Å². The van der Waals surface area contributed by atoms with Gasteiger partial charge in [-0.1, -0.05) is 6.07 Å². The van der Waals surface area contributed by atoms with E-state index in [2.05, 4.69) is 15.6 Å². The van der Waals surface area contributed by atoms with Crippen molar-refractivity contribution < 1.29 is 19.1 Å². The van der Waals surface area contributed by atoms with Gasteiger partial charge in [0.15, 0.2) is 0 Å². The van der Waals surface area contributed by atoms with E-state index in [1.165, 1.54) is 18.4 Å². The van der Waals surface area contributed by atoms with Crippen molar-refractivity contribution in [1.82, 2.24) is 4.98 Å². The standard InChI is InChI=1S/C24H17N3O4S/c1-30-24(29)14-3-2-4-17(11-14)31-16-7-5-15(6-8-16)25-12-18-21-19(27-23(18)28)9-10-20-22(21)32-13-26-20/h2-13,25H,1H3,(H,27,28). The Hall–Kier alpha value is -4.17. The van der Waals surface area contributed by atoms with Crippen molar-refractivity contribution in [2.45, 2.75) is 0 Å². The van der Waals surface area contributed by atoms with Crippen molar-refractivity contribution in [3.63, 3.8) is 0 Å². The van der Waals surface area contributed by atoms with Crippen molar-refractivity contribution in [3.8, 4) is 11.5 Å². The lowest BCUT2D eigenvalue weighted by molar-refractivity contribution is -0.110. The molecule has 0 fully saturated rings. The summed E-state index contributed by atoms with van der Waals surface area (Å²) in [6.07, 6.45) is 1.70. The second-order valence-corrected chi connectivity index (χ2v) is 7.85. The van der Waals surface area contributed by atoms with Crippen LogP contribution in [-0.4, -0.2) is 24.0 Å². The molecule has 0 bridgehead atoms. The van der Waals surface area contributed by atoms with Crippen LogP contribution < -0.4 is 15.4 Å². The molecule has 0 saturated heterocycles. The van der Waals surface area contributed by atoms with Crippen molar-refractivity contribution in [2.24, 2.45) is 0 Å². The summed E-state index contributed by atoms with van der Waals surface area (Å²) in [4.78, 5) is 28.5. The first kappa shape index (κ1) is 19.8. The van der Waals surface area contributed by atoms with Crippen molar-refractivity contribution in [3.05, 3.63) is 83.5 Å². The number of rotatable bonds is 5. The minimum atomic E-state index is -0.420. The number of nitrogens with one attached hydrogen (secondary N) is 2. The fourth-order valence-electron chi connectivity index (χ4n) is 3.46. The number of anilines is 2. The van der Waals surface area contributed by atoms with Gasteiger partial charge in [-0.3, -0.25) is 4.79 Å². The van der Waals surface area contributed by atoms with E-state index in [0.29, 0.717) is 22.6 Å². The monoisotopic (exact) mass is 443 g/mol. The predicted octanol–water partition coefficient (Wildman–Crippen LogP) is 5.28. The molecule has 8 heteroatoms. The topological polar surface area (TPSA) is 89.5 Å². The maximum Gasteiger partial charge on any atom is 0.337 e. The molecule has 0 radical (unpaired) electrons. The lowest BCUT2D eigenvalue weighted by Crippen LogP contribution is -2.05. The first-order chi connectivity index (χ1) is 15.6. The Morgan fingerprint density at radius 3 is 2.75 bits per heavy atom. The zero-order chi connectivity index (χ0) is 22.1. The normalized spacial score (nSPS) is 13.7. The predicted molar refractivity (Wildman–Crippen MR) is 124 cm³/mol. The zero-order valence-electron chi connectivity index (χ0n) is 16.9. The molecule has 0 unspecified atom stereocenters. The number of methoxy groups -OCH3 is 1. The molecule has 1 aliphatic rings. The van der Waals surface area contributed by atoms with Gasteiger partial charge in [-0.25, -0.2) is 9.78 Å². The second-order valence-electron chi connectivity index (χ2n) is 6.99. The molecule has 2 heterocycles. The van der Waals surface area contributed by atoms with Crippen LogP contribution in [0.15, 0.2) is 72.4 Å². The summed E-state index contributed by atoms with van der Waals surface area (Å²) in [5.41, 5.74) is 6.08. The number of hydrogen-bond acceptors (Lipinski definition) is 7. The number of ether oxygens (including phenoxy) is 2. The van der Waals surface area contributed by atoms with Crippen molar-refractivity contribution in [2.75, 3.05) is 17.7 Å². The first-order valence-corrected chi connectivity index (χ1v) is 10.6. The first-order valence-electron chi connectivity index (χ1n) is 9.73. The largest absolute Gasteiger partial charge is 0.465 e. The summed E-state index contributed by atoms with van der Waals surface area (Å²) in [6, 6.07) is 17.8. The summed E-state index contributed by atoms with van der Waals surface area (Å²) in [5, 5.41) is 6.08. The number of benzene rings is 3. The fraction of sp³-hybridized carbons (Fsp3) is 0.0417. The number of carbonyl (C=O) groups excluding carboxylic acids is 2. The third-order valence-electron chi connectivity index (χ3n) is 4.99. The molecule has 0 saturated carbocycles. The molecule has 7 nitrogen and oxygen atoms in total. The van der Waals surface area contributed by atoms with Gasteiger partial charge in [-0.15, -0.1) is 11.3 Å². The molecule has 0 aliphatic carbocycles. The Labute approximate surface area is 187 Å². The average molecular weight is 443 g/mol. The van der Waals surface area contributed by atoms with Crippen LogP contribution >= 0.6 is 11.3 Å². The number of nitrogens with zero attached hydrogens (tertiary/aromatic N) is 1. The highest BCUT2D eigenvalue weighted by atomic mass is 32.1. The van der Waals surface area contributed by atoms with Crippen LogP contribution in [0.1, 0.15) is 15.9 Å². The molecule has 0 atom stereocenters. The zero-order valence-corrected chi connectivity index (χ0v) is 17.7. The molecule has 1 aliphatic heterocycles. The van der Waals surface area contributed by atoms with Crippen LogP contribution in [-0.2, 0) is 9.53 Å². The Balaban J connectivity index is 1.33. The Bertz CT molecular complexity index is 1380. The van der Waals surface area contributed by atoms with E-state index < -0.39 is 5.97 Å². The average Bonchev–Trinajstić information content (AvgIpc) is 3.41. The highest BCUT2D eigenvalue weighted by Gasteiger charge is 2.27. The number of carbonyl (C=O) groups is 2. The van der Waals surface area contributed by atoms with E-state index in [1.54, 1.807) is 48.1 Å². The van der Waals surface area contributed by atoms with Crippen molar-refractivity contribution in [1.29, 1.82) is 0 Å². The van der Waals surface area contributed by atoms with Crippen LogP contribution in [0, 0.1) is 0 Å². The Morgan fingerprint density at radius 1 is 1.09 bits per heavy atom. The van der Waals surface area contributed by atoms with E-state index >= 15 is 0 Å². The highest BCUT2D eigenvalue weighted by Crippen LogP contribution is 2.39. The molecular weight excluding hydrogens is 426 g/mol. The molecule has 1 aromatic heterocycles. The van der Waals surface area contributed by atoms with Gasteiger partial charge in [-0.2, -0.15) is 0 Å². The van der Waals surface area contributed by atoms with Gasteiger partial charge in [0.05, 0.1) is 39.7 Å². The Morgan fingerprint density at radius 2 is 1.94 bits per heavy atom. The lowest BCUT2D eigenvalue weighted by Gasteiger charge is -2.08. The summed E-state index contributed by atoms with van der Waals surface area (Å²) in [5.74, 6) is 0.569. The maximum absolute atomic E-state index is 12.5. The van der Waals surface area contributed by atoms with E-state index in [-0.39, 0.29) is 5.91 Å². The summed E-state index contributed by atoms with van der Waals surface area (Å²) >= 11 is 1.51. The molecule has 0 spiro atoms. The molecule has 3 aromatic carbocycles. The number of aromatic nitrogens is 1. The van der Waals surface area contributed by atoms with E-state index in [9.17, 15) is 9.59 Å². The van der Waals surface area contributed by atoms with Crippen LogP contribution in [0.2, 0.25) is 0 Å². The maximum atomic E-state index is 12.5. The van der Waals surface area contributed by atoms with Gasteiger partial charge in [0.25, 0.3) is 5.91 Å². The smallest absolute Gasteiger partial charge is 0.337 e. The Kier molecular flexibility index (Phi) is 5.04.